The number of methoxy groups -OCH3 is 2. The summed E-state index contributed by atoms with van der Waals surface area (Å²) in [5.74, 6) is 6.86. The number of carbonyl (C=O) groups excluding carboxylic acids is 1. The van der Waals surface area contributed by atoms with E-state index in [1.807, 2.05) is 5.01 Å². The minimum atomic E-state index is -0.424. The number of hydrogen-bond donors (Lipinski definition) is 0. The van der Waals surface area contributed by atoms with Crippen molar-refractivity contribution in [2.45, 2.75) is 32.1 Å². The summed E-state index contributed by atoms with van der Waals surface area (Å²) < 4.78 is 10.3. The van der Waals surface area contributed by atoms with E-state index in [-0.39, 0.29) is 0 Å². The highest BCUT2D eigenvalue weighted by Gasteiger charge is 2.19. The zero-order valence-electron chi connectivity index (χ0n) is 14.7. The van der Waals surface area contributed by atoms with Crippen LogP contribution in [-0.2, 0) is 4.74 Å². The molecule has 0 aromatic heterocycles. The van der Waals surface area contributed by atoms with Crippen molar-refractivity contribution in [1.29, 1.82) is 0 Å². The van der Waals surface area contributed by atoms with Crippen LogP contribution in [0.1, 0.15) is 48.0 Å². The van der Waals surface area contributed by atoms with Crippen molar-refractivity contribution >= 4 is 11.7 Å². The predicted molar refractivity (Wildman–Crippen MR) is 93.9 cm³/mol. The molecule has 0 bridgehead atoms. The molecule has 6 heteroatoms. The molecule has 1 aliphatic carbocycles. The van der Waals surface area contributed by atoms with Crippen molar-refractivity contribution in [1.82, 2.24) is 5.01 Å². The van der Waals surface area contributed by atoms with Gasteiger partial charge in [-0.25, -0.2) is 4.79 Å². The quantitative estimate of drug-likeness (QED) is 0.475. The number of carbonyl (C=O) groups is 1. The van der Waals surface area contributed by atoms with Gasteiger partial charge in [-0.15, -0.1) is 5.11 Å². The summed E-state index contributed by atoms with van der Waals surface area (Å²) in [6.07, 6.45) is 5.76. The molecule has 2 fully saturated rings. The Morgan fingerprint density at radius 1 is 1.20 bits per heavy atom. The molecule has 1 saturated heterocycles. The number of benzene rings is 1. The summed E-state index contributed by atoms with van der Waals surface area (Å²) in [6.45, 7) is 1.82. The lowest BCUT2D eigenvalue weighted by atomic mass is 10.1. The fraction of sp³-hybridized carbons (Fsp3) is 0.526. The molecule has 0 atom stereocenters. The van der Waals surface area contributed by atoms with E-state index in [1.165, 1.54) is 13.5 Å². The molecule has 0 amide bonds. The van der Waals surface area contributed by atoms with E-state index in [2.05, 4.69) is 22.2 Å². The fourth-order valence-electron chi connectivity index (χ4n) is 2.68. The van der Waals surface area contributed by atoms with Crippen LogP contribution in [0.5, 0.6) is 5.75 Å². The first kappa shape index (κ1) is 17.3. The standard InChI is InChI=1S/C19H23N3O3/c1-24-17-13-16(19(23)25-2)12-15(9-8-14-6-7-14)18(17)20-21-22-10-4-3-5-11-22/h12-14H,3-7,10-11H2,1-2H3. The van der Waals surface area contributed by atoms with Gasteiger partial charge in [-0.1, -0.05) is 17.1 Å². The Bertz CT molecular complexity index is 723. The Balaban J connectivity index is 1.96. The molecule has 25 heavy (non-hydrogen) atoms. The van der Waals surface area contributed by atoms with Gasteiger partial charge >= 0.3 is 5.97 Å². The first-order valence-electron chi connectivity index (χ1n) is 8.69. The maximum absolute atomic E-state index is 11.9. The summed E-state index contributed by atoms with van der Waals surface area (Å²) >= 11 is 0. The van der Waals surface area contributed by atoms with Crippen LogP contribution in [0, 0.1) is 17.8 Å². The maximum atomic E-state index is 11.9. The molecule has 0 spiro atoms. The van der Waals surface area contributed by atoms with Crippen LogP contribution in [0.15, 0.2) is 22.5 Å². The molecular formula is C19H23N3O3. The molecule has 1 heterocycles. The molecular weight excluding hydrogens is 318 g/mol. The number of piperidine rings is 1. The number of esters is 1. The minimum Gasteiger partial charge on any atom is -0.494 e. The monoisotopic (exact) mass is 341 g/mol. The van der Waals surface area contributed by atoms with E-state index in [0.29, 0.717) is 28.5 Å². The van der Waals surface area contributed by atoms with E-state index in [4.69, 9.17) is 9.47 Å². The first-order valence-corrected chi connectivity index (χ1v) is 8.69. The van der Waals surface area contributed by atoms with Crippen molar-refractivity contribution in [3.63, 3.8) is 0 Å². The average molecular weight is 341 g/mol. The van der Waals surface area contributed by atoms with Gasteiger partial charge in [0.05, 0.1) is 25.3 Å². The highest BCUT2D eigenvalue weighted by atomic mass is 16.5. The molecule has 132 valence electrons. The number of ether oxygens (including phenoxy) is 2. The second-order valence-corrected chi connectivity index (χ2v) is 6.31. The van der Waals surface area contributed by atoms with Crippen LogP contribution in [0.4, 0.5) is 5.69 Å². The highest BCUT2D eigenvalue weighted by Crippen LogP contribution is 2.34. The second kappa shape index (κ2) is 8.02. The van der Waals surface area contributed by atoms with Crippen molar-refractivity contribution in [3.05, 3.63) is 23.3 Å². The van der Waals surface area contributed by atoms with Crippen molar-refractivity contribution < 1.29 is 14.3 Å². The Labute approximate surface area is 148 Å². The largest absolute Gasteiger partial charge is 0.494 e. The third kappa shape index (κ3) is 4.50. The van der Waals surface area contributed by atoms with Gasteiger partial charge in [0.2, 0.25) is 0 Å². The summed E-state index contributed by atoms with van der Waals surface area (Å²) in [4.78, 5) is 11.9. The highest BCUT2D eigenvalue weighted by molar-refractivity contribution is 5.91. The topological polar surface area (TPSA) is 63.5 Å². The van der Waals surface area contributed by atoms with Gasteiger partial charge in [0.15, 0.2) is 0 Å². The van der Waals surface area contributed by atoms with Gasteiger partial charge in [0.1, 0.15) is 11.4 Å². The van der Waals surface area contributed by atoms with Gasteiger partial charge < -0.3 is 9.47 Å². The maximum Gasteiger partial charge on any atom is 0.338 e. The van der Waals surface area contributed by atoms with Gasteiger partial charge in [-0.05, 0) is 44.2 Å². The lowest BCUT2D eigenvalue weighted by Gasteiger charge is -2.22. The molecule has 1 aromatic rings. The molecule has 2 aliphatic rings. The molecule has 1 aliphatic heterocycles. The van der Waals surface area contributed by atoms with E-state index >= 15 is 0 Å². The SMILES string of the molecule is COC(=O)c1cc(C#CC2CC2)c(N=NN2CCCCC2)c(OC)c1. The van der Waals surface area contributed by atoms with Crippen LogP contribution in [0.2, 0.25) is 0 Å². The van der Waals surface area contributed by atoms with Crippen molar-refractivity contribution in [3.8, 4) is 17.6 Å². The number of nitrogens with zero attached hydrogens (tertiary/aromatic N) is 3. The van der Waals surface area contributed by atoms with Gasteiger partial charge in [0.25, 0.3) is 0 Å². The zero-order valence-corrected chi connectivity index (χ0v) is 14.7. The minimum absolute atomic E-state index is 0.399. The van der Waals surface area contributed by atoms with Crippen LogP contribution >= 0.6 is 0 Å². The van der Waals surface area contributed by atoms with Crippen molar-refractivity contribution in [2.24, 2.45) is 16.3 Å². The summed E-state index contributed by atoms with van der Waals surface area (Å²) in [6, 6.07) is 3.33. The van der Waals surface area contributed by atoms with E-state index in [0.717, 1.165) is 38.8 Å². The summed E-state index contributed by atoms with van der Waals surface area (Å²) in [7, 11) is 2.91. The zero-order chi connectivity index (χ0) is 17.6. The summed E-state index contributed by atoms with van der Waals surface area (Å²) in [5, 5.41) is 10.7. The van der Waals surface area contributed by atoms with Gasteiger partial charge in [-0.2, -0.15) is 0 Å². The molecule has 0 radical (unpaired) electrons. The Morgan fingerprint density at radius 3 is 2.60 bits per heavy atom. The van der Waals surface area contributed by atoms with Crippen molar-refractivity contribution in [2.75, 3.05) is 27.3 Å². The summed E-state index contributed by atoms with van der Waals surface area (Å²) in [5.41, 5.74) is 1.61. The Hall–Kier alpha value is -2.55. The average Bonchev–Trinajstić information content (AvgIpc) is 3.49. The van der Waals surface area contributed by atoms with E-state index in [9.17, 15) is 4.79 Å². The first-order chi connectivity index (χ1) is 12.2. The number of hydrogen-bond acceptors (Lipinski definition) is 5. The Kier molecular flexibility index (Phi) is 5.54. The lowest BCUT2D eigenvalue weighted by molar-refractivity contribution is 0.0600. The molecule has 1 saturated carbocycles. The van der Waals surface area contributed by atoms with Crippen LogP contribution < -0.4 is 4.74 Å². The van der Waals surface area contributed by atoms with Gasteiger partial charge in [-0.3, -0.25) is 5.01 Å². The van der Waals surface area contributed by atoms with Gasteiger partial charge in [0, 0.05) is 19.0 Å². The molecule has 0 N–H and O–H groups in total. The van der Waals surface area contributed by atoms with Crippen LogP contribution in [0.3, 0.4) is 0 Å². The second-order valence-electron chi connectivity index (χ2n) is 6.31. The Morgan fingerprint density at radius 2 is 1.96 bits per heavy atom. The van der Waals surface area contributed by atoms with E-state index in [1.54, 1.807) is 19.2 Å². The van der Waals surface area contributed by atoms with Crippen LogP contribution in [-0.4, -0.2) is 38.3 Å². The molecule has 6 nitrogen and oxygen atoms in total. The van der Waals surface area contributed by atoms with Crippen LogP contribution in [0.25, 0.3) is 0 Å². The normalized spacial score (nSPS) is 17.1. The molecule has 0 unspecified atom stereocenters. The predicted octanol–water partition coefficient (Wildman–Crippen LogP) is 3.73. The smallest absolute Gasteiger partial charge is 0.338 e. The third-order valence-corrected chi connectivity index (χ3v) is 4.31. The fourth-order valence-corrected chi connectivity index (χ4v) is 2.68. The number of rotatable bonds is 4. The molecule has 1 aromatic carbocycles. The lowest BCUT2D eigenvalue weighted by Crippen LogP contribution is -2.23. The third-order valence-electron chi connectivity index (χ3n) is 4.31. The molecule has 3 rings (SSSR count). The van der Waals surface area contributed by atoms with E-state index < -0.39 is 5.97 Å².